The first-order chi connectivity index (χ1) is 17.6. The minimum Gasteiger partial charge on any atom is -0.354 e. The Balaban J connectivity index is 1.18. The summed E-state index contributed by atoms with van der Waals surface area (Å²) in [6.07, 6.45) is 4.21. The lowest BCUT2D eigenvalue weighted by Crippen LogP contribution is -2.32. The van der Waals surface area contributed by atoms with Crippen LogP contribution < -0.4 is 10.6 Å². The molecule has 3 aromatic carbocycles. The number of nitrogens with zero attached hydrogens (tertiary/aromatic N) is 2. The van der Waals surface area contributed by atoms with Gasteiger partial charge in [-0.15, -0.1) is 0 Å². The number of para-hydroxylation sites is 1. The Labute approximate surface area is 207 Å². The molecular weight excluding hydrogens is 457 g/mol. The van der Waals surface area contributed by atoms with Gasteiger partial charge in [0.2, 0.25) is 11.8 Å². The predicted octanol–water partition coefficient (Wildman–Crippen LogP) is 4.85. The van der Waals surface area contributed by atoms with Gasteiger partial charge in [0.25, 0.3) is 0 Å². The van der Waals surface area contributed by atoms with Crippen molar-refractivity contribution in [3.63, 3.8) is 0 Å². The molecular formula is C28H24FN5O2. The van der Waals surface area contributed by atoms with Crippen LogP contribution in [0.3, 0.4) is 0 Å². The Bertz CT molecular complexity index is 1490. The van der Waals surface area contributed by atoms with E-state index in [-0.39, 0.29) is 30.6 Å². The van der Waals surface area contributed by atoms with Gasteiger partial charge >= 0.3 is 0 Å². The monoisotopic (exact) mass is 481 g/mol. The normalized spacial score (nSPS) is 10.9. The van der Waals surface area contributed by atoms with Crippen LogP contribution in [0, 0.1) is 5.82 Å². The molecule has 0 atom stereocenters. The van der Waals surface area contributed by atoms with Crippen molar-refractivity contribution < 1.29 is 14.0 Å². The molecule has 0 spiro atoms. The summed E-state index contributed by atoms with van der Waals surface area (Å²) in [4.78, 5) is 28.3. The zero-order valence-electron chi connectivity index (χ0n) is 19.4. The summed E-state index contributed by atoms with van der Waals surface area (Å²) in [5, 5.41) is 10.7. The van der Waals surface area contributed by atoms with Crippen LogP contribution >= 0.6 is 0 Å². The van der Waals surface area contributed by atoms with E-state index in [2.05, 4.69) is 20.7 Å². The van der Waals surface area contributed by atoms with Gasteiger partial charge in [0, 0.05) is 41.1 Å². The molecule has 0 bridgehead atoms. The number of fused-ring (bicyclic) bond motifs is 1. The van der Waals surface area contributed by atoms with Crippen molar-refractivity contribution in [3.05, 3.63) is 103 Å². The van der Waals surface area contributed by atoms with E-state index >= 15 is 0 Å². The van der Waals surface area contributed by atoms with E-state index in [1.807, 2.05) is 48.7 Å². The van der Waals surface area contributed by atoms with Crippen LogP contribution in [0.2, 0.25) is 0 Å². The van der Waals surface area contributed by atoms with Gasteiger partial charge in [-0.2, -0.15) is 5.10 Å². The van der Waals surface area contributed by atoms with E-state index in [1.165, 1.54) is 12.1 Å². The highest BCUT2D eigenvalue weighted by atomic mass is 19.1. The summed E-state index contributed by atoms with van der Waals surface area (Å²) in [6.45, 7) is -0.127. The zero-order chi connectivity index (χ0) is 24.9. The summed E-state index contributed by atoms with van der Waals surface area (Å²) >= 11 is 0. The number of H-pyrrole nitrogens is 1. The number of halogens is 1. The number of amides is 2. The Kier molecular flexibility index (Phi) is 6.57. The lowest BCUT2D eigenvalue weighted by molar-refractivity contribution is -0.124. The molecule has 0 fully saturated rings. The number of aryl methyl sites for hydroxylation is 1. The van der Waals surface area contributed by atoms with Gasteiger partial charge in [-0.3, -0.25) is 9.59 Å². The maximum Gasteiger partial charge on any atom is 0.243 e. The van der Waals surface area contributed by atoms with E-state index in [0.29, 0.717) is 12.1 Å². The van der Waals surface area contributed by atoms with E-state index in [1.54, 1.807) is 35.1 Å². The summed E-state index contributed by atoms with van der Waals surface area (Å²) in [5.74, 6) is -0.841. The number of hydrogen-bond donors (Lipinski definition) is 3. The van der Waals surface area contributed by atoms with E-state index < -0.39 is 0 Å². The summed E-state index contributed by atoms with van der Waals surface area (Å²) in [7, 11) is 0. The van der Waals surface area contributed by atoms with Crippen molar-refractivity contribution in [2.45, 2.75) is 12.8 Å². The topological polar surface area (TPSA) is 91.8 Å². The third-order valence-electron chi connectivity index (χ3n) is 5.91. The van der Waals surface area contributed by atoms with E-state index in [4.69, 9.17) is 0 Å². The van der Waals surface area contributed by atoms with Crippen LogP contribution in [0.15, 0.2) is 91.3 Å². The molecule has 0 aliphatic carbocycles. The first-order valence-electron chi connectivity index (χ1n) is 11.6. The molecule has 180 valence electrons. The van der Waals surface area contributed by atoms with Crippen molar-refractivity contribution in [2.75, 3.05) is 11.9 Å². The predicted molar refractivity (Wildman–Crippen MR) is 137 cm³/mol. The maximum atomic E-state index is 13.4. The van der Waals surface area contributed by atoms with Crippen molar-refractivity contribution in [1.82, 2.24) is 20.1 Å². The zero-order valence-corrected chi connectivity index (χ0v) is 19.4. The smallest absolute Gasteiger partial charge is 0.243 e. The molecule has 3 N–H and O–H groups in total. The van der Waals surface area contributed by atoms with Crippen molar-refractivity contribution in [1.29, 1.82) is 0 Å². The van der Waals surface area contributed by atoms with Crippen LogP contribution in [0.25, 0.3) is 27.8 Å². The largest absolute Gasteiger partial charge is 0.354 e. The first kappa shape index (κ1) is 23.0. The van der Waals surface area contributed by atoms with E-state index in [9.17, 15) is 14.0 Å². The van der Waals surface area contributed by atoms with Crippen molar-refractivity contribution in [2.24, 2.45) is 0 Å². The number of nitrogens with one attached hydrogen (secondary N) is 3. The summed E-state index contributed by atoms with van der Waals surface area (Å²) in [5.41, 5.74) is 5.15. The highest BCUT2D eigenvalue weighted by Crippen LogP contribution is 2.31. The quantitative estimate of drug-likeness (QED) is 0.296. The van der Waals surface area contributed by atoms with Gasteiger partial charge in [0.1, 0.15) is 5.82 Å². The number of hydrogen-bond acceptors (Lipinski definition) is 3. The molecule has 2 amide bonds. The van der Waals surface area contributed by atoms with Crippen LogP contribution in [-0.2, 0) is 16.0 Å². The molecule has 36 heavy (non-hydrogen) atoms. The molecule has 0 saturated heterocycles. The minimum absolute atomic E-state index is 0.127. The number of aromatic nitrogens is 3. The van der Waals surface area contributed by atoms with Crippen LogP contribution in [-0.4, -0.2) is 33.1 Å². The van der Waals surface area contributed by atoms with Gasteiger partial charge in [0.15, 0.2) is 0 Å². The van der Waals surface area contributed by atoms with E-state index in [0.717, 1.165) is 33.4 Å². The number of rotatable bonds is 8. The molecule has 5 aromatic rings. The molecule has 0 aliphatic heterocycles. The lowest BCUT2D eigenvalue weighted by Gasteiger charge is -2.09. The highest BCUT2D eigenvalue weighted by Gasteiger charge is 2.15. The number of benzene rings is 3. The molecule has 0 saturated carbocycles. The summed E-state index contributed by atoms with van der Waals surface area (Å²) < 4.78 is 15.1. The standard InChI is InChI=1S/C28H24FN5O2/c29-20-8-6-19(7-9-20)28-24(23-4-1-2-5-25(23)33-28)14-15-26(35)30-18-27(36)32-21-10-12-22(13-11-21)34-17-3-16-31-34/h1-13,16-17,33H,14-15,18H2,(H,30,35)(H,32,36). The Morgan fingerprint density at radius 2 is 1.69 bits per heavy atom. The number of aromatic amines is 1. The molecule has 0 radical (unpaired) electrons. The van der Waals surface area contributed by atoms with Gasteiger partial charge in [-0.25, -0.2) is 9.07 Å². The number of carbonyl (C=O) groups excluding carboxylic acids is 2. The summed E-state index contributed by atoms with van der Waals surface area (Å²) in [6, 6.07) is 23.2. The second-order valence-corrected chi connectivity index (χ2v) is 8.35. The molecule has 2 heterocycles. The minimum atomic E-state index is -0.311. The Hall–Kier alpha value is -4.72. The van der Waals surface area contributed by atoms with Gasteiger partial charge in [0.05, 0.1) is 12.2 Å². The molecule has 8 heteroatoms. The first-order valence-corrected chi connectivity index (χ1v) is 11.6. The Morgan fingerprint density at radius 3 is 2.44 bits per heavy atom. The molecule has 7 nitrogen and oxygen atoms in total. The number of carbonyl (C=O) groups is 2. The number of anilines is 1. The van der Waals surface area contributed by atoms with Crippen LogP contribution in [0.1, 0.15) is 12.0 Å². The van der Waals surface area contributed by atoms with Crippen LogP contribution in [0.5, 0.6) is 0 Å². The lowest BCUT2D eigenvalue weighted by atomic mass is 10.0. The highest BCUT2D eigenvalue weighted by molar-refractivity contribution is 5.95. The second-order valence-electron chi connectivity index (χ2n) is 8.35. The van der Waals surface area contributed by atoms with Crippen molar-refractivity contribution >= 4 is 28.4 Å². The molecule has 0 unspecified atom stereocenters. The molecule has 2 aromatic heterocycles. The fraction of sp³-hybridized carbons (Fsp3) is 0.107. The van der Waals surface area contributed by atoms with Gasteiger partial charge in [-0.1, -0.05) is 18.2 Å². The Morgan fingerprint density at radius 1 is 0.917 bits per heavy atom. The second kappa shape index (κ2) is 10.3. The average molecular weight is 482 g/mol. The third kappa shape index (κ3) is 5.17. The average Bonchev–Trinajstić information content (AvgIpc) is 3.56. The molecule has 5 rings (SSSR count). The third-order valence-corrected chi connectivity index (χ3v) is 5.91. The fourth-order valence-electron chi connectivity index (χ4n) is 4.15. The van der Waals surface area contributed by atoms with Crippen LogP contribution in [0.4, 0.5) is 10.1 Å². The van der Waals surface area contributed by atoms with Gasteiger partial charge < -0.3 is 15.6 Å². The SMILES string of the molecule is O=C(CCc1c(-c2ccc(F)cc2)[nH]c2ccccc12)NCC(=O)Nc1ccc(-n2cccn2)cc1. The molecule has 0 aliphatic rings. The van der Waals surface area contributed by atoms with Crippen molar-refractivity contribution in [3.8, 4) is 16.9 Å². The van der Waals surface area contributed by atoms with Gasteiger partial charge in [-0.05, 0) is 78.2 Å². The fourth-order valence-corrected chi connectivity index (χ4v) is 4.15. The maximum absolute atomic E-state index is 13.4.